The lowest BCUT2D eigenvalue weighted by Gasteiger charge is -2.13. The van der Waals surface area contributed by atoms with E-state index < -0.39 is 24.5 Å². The van der Waals surface area contributed by atoms with Crippen LogP contribution in [-0.4, -0.2) is 50.2 Å². The molecule has 1 aromatic carbocycles. The molecule has 1 aromatic rings. The maximum Gasteiger partial charge on any atom is 0.331 e. The van der Waals surface area contributed by atoms with E-state index in [-0.39, 0.29) is 5.91 Å². The summed E-state index contributed by atoms with van der Waals surface area (Å²) in [5.74, 6) is -0.189. The van der Waals surface area contributed by atoms with E-state index in [1.807, 2.05) is 6.92 Å². The minimum atomic E-state index is -0.699. The predicted octanol–water partition coefficient (Wildman–Crippen LogP) is 1.44. The number of rotatable bonds is 8. The number of ether oxygens (including phenoxy) is 3. The van der Waals surface area contributed by atoms with Crippen LogP contribution in [0.2, 0.25) is 0 Å². The number of esters is 1. The summed E-state index contributed by atoms with van der Waals surface area (Å²) in [7, 11) is 0. The van der Waals surface area contributed by atoms with Gasteiger partial charge in [0, 0.05) is 19.0 Å². The van der Waals surface area contributed by atoms with Crippen molar-refractivity contribution >= 4 is 23.9 Å². The van der Waals surface area contributed by atoms with Crippen LogP contribution in [0.4, 0.5) is 0 Å². The van der Waals surface area contributed by atoms with E-state index in [1.165, 1.54) is 6.08 Å². The molecule has 1 aliphatic heterocycles. The van der Waals surface area contributed by atoms with Crippen LogP contribution in [0.25, 0.3) is 6.08 Å². The molecule has 2 N–H and O–H groups in total. The second-order valence-corrected chi connectivity index (χ2v) is 6.28. The van der Waals surface area contributed by atoms with Gasteiger partial charge in [0.2, 0.25) is 5.91 Å². The number of benzene rings is 1. The van der Waals surface area contributed by atoms with Crippen molar-refractivity contribution < 1.29 is 28.6 Å². The molecule has 0 saturated carbocycles. The smallest absolute Gasteiger partial charge is 0.331 e. The molecule has 0 unspecified atom stereocenters. The van der Waals surface area contributed by atoms with Crippen LogP contribution in [0.15, 0.2) is 24.3 Å². The molecule has 1 aliphatic rings. The standard InChI is InChI=1S/C20H26N2O6/c1-3-9-21-20(25)14(2)22-18(23)13-28-19(24)8-6-15-5-7-16-17(12-15)27-11-4-10-26-16/h5-8,12,14H,3-4,9-11,13H2,1-2H3,(H,21,25)(H,22,23)/b8-6+/t14-/m1/s1. The van der Waals surface area contributed by atoms with Crippen molar-refractivity contribution in [2.24, 2.45) is 0 Å². The zero-order valence-electron chi connectivity index (χ0n) is 16.2. The maximum atomic E-state index is 11.8. The van der Waals surface area contributed by atoms with E-state index >= 15 is 0 Å². The van der Waals surface area contributed by atoms with Crippen LogP contribution in [0.3, 0.4) is 0 Å². The van der Waals surface area contributed by atoms with Gasteiger partial charge in [-0.2, -0.15) is 0 Å². The van der Waals surface area contributed by atoms with Gasteiger partial charge < -0.3 is 24.8 Å². The third-order valence-electron chi connectivity index (χ3n) is 3.85. The molecule has 152 valence electrons. The normalized spacial score (nSPS) is 14.1. The minimum absolute atomic E-state index is 0.282. The Morgan fingerprint density at radius 2 is 1.96 bits per heavy atom. The van der Waals surface area contributed by atoms with Gasteiger partial charge in [0.05, 0.1) is 13.2 Å². The van der Waals surface area contributed by atoms with Crippen LogP contribution in [0.5, 0.6) is 11.5 Å². The Balaban J connectivity index is 1.78. The number of fused-ring (bicyclic) bond motifs is 1. The van der Waals surface area contributed by atoms with Gasteiger partial charge in [-0.25, -0.2) is 4.79 Å². The number of nitrogens with one attached hydrogen (secondary N) is 2. The van der Waals surface area contributed by atoms with Crippen molar-refractivity contribution in [3.05, 3.63) is 29.8 Å². The molecule has 28 heavy (non-hydrogen) atoms. The molecular formula is C20H26N2O6. The molecule has 0 aromatic heterocycles. The Hall–Kier alpha value is -3.03. The van der Waals surface area contributed by atoms with Crippen molar-refractivity contribution in [2.75, 3.05) is 26.4 Å². The topological polar surface area (TPSA) is 103 Å². The SMILES string of the molecule is CCCNC(=O)[C@@H](C)NC(=O)COC(=O)/C=C/c1ccc2c(c1)OCCCO2. The summed E-state index contributed by atoms with van der Waals surface area (Å²) < 4.78 is 16.0. The zero-order valence-corrected chi connectivity index (χ0v) is 16.2. The Bertz CT molecular complexity index is 731. The zero-order chi connectivity index (χ0) is 20.4. The third kappa shape index (κ3) is 6.94. The number of carbonyl (C=O) groups excluding carboxylic acids is 3. The van der Waals surface area contributed by atoms with Gasteiger partial charge >= 0.3 is 5.97 Å². The molecule has 0 fully saturated rings. The Morgan fingerprint density at radius 3 is 2.71 bits per heavy atom. The summed E-state index contributed by atoms with van der Waals surface area (Å²) in [6.07, 6.45) is 4.41. The first-order valence-corrected chi connectivity index (χ1v) is 9.31. The van der Waals surface area contributed by atoms with Crippen molar-refractivity contribution in [3.63, 3.8) is 0 Å². The number of amides is 2. The van der Waals surface area contributed by atoms with E-state index in [0.717, 1.165) is 18.4 Å². The number of hydrogen-bond donors (Lipinski definition) is 2. The van der Waals surface area contributed by atoms with Crippen molar-refractivity contribution in [3.8, 4) is 11.5 Å². The van der Waals surface area contributed by atoms with Crippen molar-refractivity contribution in [1.82, 2.24) is 10.6 Å². The first-order chi connectivity index (χ1) is 13.5. The van der Waals surface area contributed by atoms with E-state index in [9.17, 15) is 14.4 Å². The van der Waals surface area contributed by atoms with E-state index in [4.69, 9.17) is 14.2 Å². The van der Waals surface area contributed by atoms with Gasteiger partial charge in [-0.15, -0.1) is 0 Å². The molecule has 0 aliphatic carbocycles. The molecule has 2 amide bonds. The highest BCUT2D eigenvalue weighted by molar-refractivity contribution is 5.91. The summed E-state index contributed by atoms with van der Waals surface area (Å²) in [6.45, 7) is 4.76. The second kappa shape index (κ2) is 11.0. The van der Waals surface area contributed by atoms with Gasteiger partial charge in [-0.3, -0.25) is 9.59 Å². The average Bonchev–Trinajstić information content (AvgIpc) is 2.93. The van der Waals surface area contributed by atoms with Crippen molar-refractivity contribution in [2.45, 2.75) is 32.7 Å². The molecule has 0 saturated heterocycles. The highest BCUT2D eigenvalue weighted by Gasteiger charge is 2.15. The third-order valence-corrected chi connectivity index (χ3v) is 3.85. The number of carbonyl (C=O) groups is 3. The van der Waals surface area contributed by atoms with Crippen LogP contribution in [0.1, 0.15) is 32.3 Å². The Kier molecular flexibility index (Phi) is 8.33. The summed E-state index contributed by atoms with van der Waals surface area (Å²) in [5.41, 5.74) is 0.742. The Morgan fingerprint density at radius 1 is 1.21 bits per heavy atom. The molecule has 8 heteroatoms. The molecule has 0 spiro atoms. The van der Waals surface area contributed by atoms with E-state index in [2.05, 4.69) is 10.6 Å². The number of hydrogen-bond acceptors (Lipinski definition) is 6. The molecule has 8 nitrogen and oxygen atoms in total. The second-order valence-electron chi connectivity index (χ2n) is 6.28. The average molecular weight is 390 g/mol. The van der Waals surface area contributed by atoms with Gasteiger partial charge in [0.25, 0.3) is 5.91 Å². The van der Waals surface area contributed by atoms with E-state index in [0.29, 0.717) is 31.3 Å². The molecule has 1 heterocycles. The molecule has 2 rings (SSSR count). The highest BCUT2D eigenvalue weighted by atomic mass is 16.5. The van der Waals surface area contributed by atoms with Crippen molar-refractivity contribution in [1.29, 1.82) is 0 Å². The lowest BCUT2D eigenvalue weighted by atomic mass is 10.2. The lowest BCUT2D eigenvalue weighted by molar-refractivity contribution is -0.144. The highest BCUT2D eigenvalue weighted by Crippen LogP contribution is 2.30. The molecule has 0 radical (unpaired) electrons. The quantitative estimate of drug-likeness (QED) is 0.514. The maximum absolute atomic E-state index is 11.8. The molecule has 0 bridgehead atoms. The van der Waals surface area contributed by atoms with Crippen LogP contribution < -0.4 is 20.1 Å². The van der Waals surface area contributed by atoms with Crippen LogP contribution in [0, 0.1) is 0 Å². The van der Waals surface area contributed by atoms with Gasteiger partial charge in [0.15, 0.2) is 18.1 Å². The fourth-order valence-corrected chi connectivity index (χ4v) is 2.38. The molecule has 1 atom stereocenters. The summed E-state index contributed by atoms with van der Waals surface area (Å²) >= 11 is 0. The van der Waals surface area contributed by atoms with Crippen LogP contribution >= 0.6 is 0 Å². The fourth-order valence-electron chi connectivity index (χ4n) is 2.38. The first kappa shape index (κ1) is 21.3. The monoisotopic (exact) mass is 390 g/mol. The van der Waals surface area contributed by atoms with Crippen LogP contribution in [-0.2, 0) is 19.1 Å². The van der Waals surface area contributed by atoms with Gasteiger partial charge in [0.1, 0.15) is 6.04 Å². The Labute approximate surface area is 164 Å². The summed E-state index contributed by atoms with van der Waals surface area (Å²) in [4.78, 5) is 35.3. The lowest BCUT2D eigenvalue weighted by Crippen LogP contribution is -2.46. The summed E-state index contributed by atoms with van der Waals surface area (Å²) in [5, 5.41) is 5.15. The molecular weight excluding hydrogens is 364 g/mol. The van der Waals surface area contributed by atoms with Gasteiger partial charge in [-0.1, -0.05) is 13.0 Å². The predicted molar refractivity (Wildman–Crippen MR) is 103 cm³/mol. The van der Waals surface area contributed by atoms with Gasteiger partial charge in [-0.05, 0) is 37.1 Å². The first-order valence-electron chi connectivity index (χ1n) is 9.31. The summed E-state index contributed by atoms with van der Waals surface area (Å²) in [6, 6.07) is 4.65. The fraction of sp³-hybridized carbons (Fsp3) is 0.450. The minimum Gasteiger partial charge on any atom is -0.490 e. The largest absolute Gasteiger partial charge is 0.490 e. The van der Waals surface area contributed by atoms with E-state index in [1.54, 1.807) is 31.2 Å².